The molecule has 0 saturated heterocycles. The molecular weight excluding hydrogens is 490 g/mol. The molecule has 8 heteroatoms. The third-order valence-electron chi connectivity index (χ3n) is 6.41. The summed E-state index contributed by atoms with van der Waals surface area (Å²) in [4.78, 5) is 54.6. The Hall–Kier alpha value is -3.97. The van der Waals surface area contributed by atoms with Gasteiger partial charge >= 0.3 is 0 Å². The first-order chi connectivity index (χ1) is 17.9. The second kappa shape index (κ2) is 11.8. The molecule has 0 aliphatic carbocycles. The third kappa shape index (κ3) is 6.06. The van der Waals surface area contributed by atoms with Gasteiger partial charge in [0, 0.05) is 38.0 Å². The number of carbonyl (C=O) groups excluding carboxylic acids is 4. The van der Waals surface area contributed by atoms with Crippen LogP contribution in [0.3, 0.4) is 0 Å². The van der Waals surface area contributed by atoms with Crippen LogP contribution in [0, 0.1) is 0 Å². The number of benzene rings is 3. The van der Waals surface area contributed by atoms with Crippen molar-refractivity contribution >= 4 is 35.2 Å². The molecule has 0 fully saturated rings. The van der Waals surface area contributed by atoms with Crippen molar-refractivity contribution in [2.45, 2.75) is 31.8 Å². The van der Waals surface area contributed by atoms with Crippen LogP contribution in [0.15, 0.2) is 78.9 Å². The normalized spacial score (nSPS) is 13.3. The second-order valence-corrected chi connectivity index (χ2v) is 9.32. The van der Waals surface area contributed by atoms with E-state index >= 15 is 0 Å². The standard InChI is InChI=1S/C29H28ClN3O4/c1-31-27(35)25(18-20-9-3-2-4-10-20)33(19-21-11-7-12-22(30)17-21)26(34)15-8-16-32-28(36)23-13-5-6-14-24(23)29(32)37/h2-7,9-14,17,25H,8,15-16,18-19H2,1H3,(H,31,35)/t25-/m1/s1. The van der Waals surface area contributed by atoms with E-state index in [1.54, 1.807) is 54.4 Å². The molecule has 1 aliphatic rings. The Morgan fingerprint density at radius 1 is 0.892 bits per heavy atom. The highest BCUT2D eigenvalue weighted by atomic mass is 35.5. The Kier molecular flexibility index (Phi) is 8.36. The van der Waals surface area contributed by atoms with Gasteiger partial charge in [-0.25, -0.2) is 0 Å². The van der Waals surface area contributed by atoms with Gasteiger partial charge in [0.1, 0.15) is 6.04 Å². The Labute approximate surface area is 221 Å². The minimum Gasteiger partial charge on any atom is -0.357 e. The van der Waals surface area contributed by atoms with Crippen molar-refractivity contribution in [2.75, 3.05) is 13.6 Å². The number of imide groups is 1. The highest BCUT2D eigenvalue weighted by molar-refractivity contribution is 6.30. The Morgan fingerprint density at radius 3 is 2.14 bits per heavy atom. The third-order valence-corrected chi connectivity index (χ3v) is 6.65. The van der Waals surface area contributed by atoms with Crippen molar-refractivity contribution in [2.24, 2.45) is 0 Å². The number of fused-ring (bicyclic) bond motifs is 1. The van der Waals surface area contributed by atoms with Gasteiger partial charge < -0.3 is 10.2 Å². The number of hydrogen-bond donors (Lipinski definition) is 1. The highest BCUT2D eigenvalue weighted by Crippen LogP contribution is 2.23. The molecule has 0 bridgehead atoms. The molecule has 0 saturated carbocycles. The monoisotopic (exact) mass is 517 g/mol. The quantitative estimate of drug-likeness (QED) is 0.410. The van der Waals surface area contributed by atoms with Crippen LogP contribution in [0.2, 0.25) is 5.02 Å². The number of carbonyl (C=O) groups is 4. The molecule has 1 N–H and O–H groups in total. The Balaban J connectivity index is 1.51. The van der Waals surface area contributed by atoms with E-state index in [2.05, 4.69) is 5.32 Å². The summed E-state index contributed by atoms with van der Waals surface area (Å²) in [5, 5.41) is 3.22. The minimum atomic E-state index is -0.752. The number of halogens is 1. The summed E-state index contributed by atoms with van der Waals surface area (Å²) in [6.07, 6.45) is 0.684. The lowest BCUT2D eigenvalue weighted by molar-refractivity contribution is -0.141. The van der Waals surface area contributed by atoms with E-state index in [1.807, 2.05) is 36.4 Å². The molecule has 3 aromatic carbocycles. The summed E-state index contributed by atoms with van der Waals surface area (Å²) in [7, 11) is 1.55. The highest BCUT2D eigenvalue weighted by Gasteiger charge is 2.35. The average molecular weight is 518 g/mol. The topological polar surface area (TPSA) is 86.8 Å². The molecule has 0 unspecified atom stereocenters. The van der Waals surface area contributed by atoms with E-state index in [1.165, 1.54) is 4.90 Å². The SMILES string of the molecule is CNC(=O)[C@@H](Cc1ccccc1)N(Cc1cccc(Cl)c1)C(=O)CCCN1C(=O)c2ccccc2C1=O. The number of amides is 4. The first kappa shape index (κ1) is 26.1. The maximum atomic E-state index is 13.6. The first-order valence-electron chi connectivity index (χ1n) is 12.1. The minimum absolute atomic E-state index is 0.0657. The van der Waals surface area contributed by atoms with Gasteiger partial charge in [-0.2, -0.15) is 0 Å². The van der Waals surface area contributed by atoms with Crippen molar-refractivity contribution in [3.05, 3.63) is 106 Å². The van der Waals surface area contributed by atoms with E-state index in [0.717, 1.165) is 11.1 Å². The fourth-order valence-electron chi connectivity index (χ4n) is 4.53. The summed E-state index contributed by atoms with van der Waals surface area (Å²) in [5.41, 5.74) is 2.47. The molecule has 0 aromatic heterocycles. The number of hydrogen-bond acceptors (Lipinski definition) is 4. The van der Waals surface area contributed by atoms with Crippen molar-refractivity contribution in [3.63, 3.8) is 0 Å². The van der Waals surface area contributed by atoms with Crippen LogP contribution in [-0.4, -0.2) is 53.1 Å². The van der Waals surface area contributed by atoms with Crippen LogP contribution in [-0.2, 0) is 22.6 Å². The van der Waals surface area contributed by atoms with Gasteiger partial charge in [0.15, 0.2) is 0 Å². The van der Waals surface area contributed by atoms with Crippen LogP contribution in [0.25, 0.3) is 0 Å². The first-order valence-corrected chi connectivity index (χ1v) is 12.5. The van der Waals surface area contributed by atoms with E-state index in [0.29, 0.717) is 22.6 Å². The van der Waals surface area contributed by atoms with Crippen LogP contribution in [0.5, 0.6) is 0 Å². The molecule has 3 aromatic rings. The second-order valence-electron chi connectivity index (χ2n) is 8.88. The lowest BCUT2D eigenvalue weighted by Gasteiger charge is -2.31. The van der Waals surface area contributed by atoms with Crippen LogP contribution in [0.4, 0.5) is 0 Å². The van der Waals surface area contributed by atoms with Crippen LogP contribution >= 0.6 is 11.6 Å². The summed E-state index contributed by atoms with van der Waals surface area (Å²) in [6.45, 7) is 0.309. The van der Waals surface area contributed by atoms with Gasteiger partial charge in [0.2, 0.25) is 11.8 Å². The molecule has 1 aliphatic heterocycles. The lowest BCUT2D eigenvalue weighted by Crippen LogP contribution is -2.49. The average Bonchev–Trinajstić information content (AvgIpc) is 3.15. The van der Waals surface area contributed by atoms with Gasteiger partial charge in [-0.1, -0.05) is 66.2 Å². The summed E-state index contributed by atoms with van der Waals surface area (Å²) in [6, 6.07) is 22.6. The molecule has 0 radical (unpaired) electrons. The fourth-order valence-corrected chi connectivity index (χ4v) is 4.74. The molecule has 190 valence electrons. The number of likely N-dealkylation sites (N-methyl/N-ethyl adjacent to an activating group) is 1. The molecule has 7 nitrogen and oxygen atoms in total. The van der Waals surface area contributed by atoms with E-state index < -0.39 is 6.04 Å². The van der Waals surface area contributed by atoms with Gasteiger partial charge in [0.05, 0.1) is 11.1 Å². The van der Waals surface area contributed by atoms with Gasteiger partial charge in [0.25, 0.3) is 11.8 Å². The molecule has 0 spiro atoms. The zero-order valence-electron chi connectivity index (χ0n) is 20.5. The summed E-state index contributed by atoms with van der Waals surface area (Å²) >= 11 is 6.18. The van der Waals surface area contributed by atoms with E-state index in [4.69, 9.17) is 11.6 Å². The van der Waals surface area contributed by atoms with Crippen molar-refractivity contribution in [3.8, 4) is 0 Å². The Bertz CT molecular complexity index is 1280. The van der Waals surface area contributed by atoms with Gasteiger partial charge in [-0.3, -0.25) is 24.1 Å². The predicted octanol–water partition coefficient (Wildman–Crippen LogP) is 4.10. The van der Waals surface area contributed by atoms with E-state index in [-0.39, 0.29) is 49.6 Å². The van der Waals surface area contributed by atoms with Crippen LogP contribution in [0.1, 0.15) is 44.7 Å². The molecule has 1 atom stereocenters. The van der Waals surface area contributed by atoms with Crippen molar-refractivity contribution in [1.29, 1.82) is 0 Å². The zero-order chi connectivity index (χ0) is 26.4. The molecule has 1 heterocycles. The maximum Gasteiger partial charge on any atom is 0.261 e. The molecule has 4 amide bonds. The number of nitrogens with one attached hydrogen (secondary N) is 1. The lowest BCUT2D eigenvalue weighted by atomic mass is 10.0. The van der Waals surface area contributed by atoms with Gasteiger partial charge in [-0.05, 0) is 41.8 Å². The maximum absolute atomic E-state index is 13.6. The van der Waals surface area contributed by atoms with Crippen molar-refractivity contribution < 1.29 is 19.2 Å². The number of rotatable bonds is 10. The largest absolute Gasteiger partial charge is 0.357 e. The fraction of sp³-hybridized carbons (Fsp3) is 0.241. The molecular formula is C29H28ClN3O4. The summed E-state index contributed by atoms with van der Waals surface area (Å²) < 4.78 is 0. The predicted molar refractivity (Wildman–Crippen MR) is 141 cm³/mol. The van der Waals surface area contributed by atoms with Crippen molar-refractivity contribution in [1.82, 2.24) is 15.1 Å². The van der Waals surface area contributed by atoms with Crippen LogP contribution < -0.4 is 5.32 Å². The summed E-state index contributed by atoms with van der Waals surface area (Å²) in [5.74, 6) is -1.23. The number of nitrogens with zero attached hydrogens (tertiary/aromatic N) is 2. The zero-order valence-corrected chi connectivity index (χ0v) is 21.3. The van der Waals surface area contributed by atoms with Gasteiger partial charge in [-0.15, -0.1) is 0 Å². The van der Waals surface area contributed by atoms with E-state index in [9.17, 15) is 19.2 Å². The molecule has 4 rings (SSSR count). The smallest absolute Gasteiger partial charge is 0.261 e. The Morgan fingerprint density at radius 2 is 1.51 bits per heavy atom. The molecule has 37 heavy (non-hydrogen) atoms.